The zero-order valence-corrected chi connectivity index (χ0v) is 14.8. The number of sulfonamides is 1. The van der Waals surface area contributed by atoms with Gasteiger partial charge in [0, 0.05) is 26.5 Å². The van der Waals surface area contributed by atoms with E-state index in [1.165, 1.54) is 36.6 Å². The lowest BCUT2D eigenvalue weighted by molar-refractivity contribution is 0.0314. The van der Waals surface area contributed by atoms with E-state index >= 15 is 0 Å². The minimum atomic E-state index is -3.46. The summed E-state index contributed by atoms with van der Waals surface area (Å²) >= 11 is 1.51. The van der Waals surface area contributed by atoms with Gasteiger partial charge in [-0.3, -0.25) is 0 Å². The maximum absolute atomic E-state index is 12.2. The van der Waals surface area contributed by atoms with Crippen molar-refractivity contribution in [1.29, 1.82) is 0 Å². The van der Waals surface area contributed by atoms with Crippen LogP contribution in [0.4, 0.5) is 0 Å². The summed E-state index contributed by atoms with van der Waals surface area (Å²) in [6.07, 6.45) is 3.64. The van der Waals surface area contributed by atoms with Crippen LogP contribution in [0.3, 0.4) is 0 Å². The molecule has 2 heterocycles. The molecule has 0 N–H and O–H groups in total. The molecule has 126 valence electrons. The lowest BCUT2D eigenvalue weighted by Gasteiger charge is -2.21. The van der Waals surface area contributed by atoms with E-state index in [1.807, 2.05) is 0 Å². The van der Waals surface area contributed by atoms with Crippen molar-refractivity contribution >= 4 is 32.9 Å². The summed E-state index contributed by atoms with van der Waals surface area (Å²) in [7, 11) is -0.448. The number of aromatic nitrogens is 1. The molecule has 3 rings (SSSR count). The summed E-state index contributed by atoms with van der Waals surface area (Å²) in [6, 6.07) is 4.75. The van der Waals surface area contributed by atoms with E-state index in [1.54, 1.807) is 18.2 Å². The Balaban J connectivity index is 1.76. The van der Waals surface area contributed by atoms with Crippen molar-refractivity contribution in [2.24, 2.45) is 0 Å². The number of hydrogen-bond acceptors (Lipinski definition) is 6. The highest BCUT2D eigenvalue weighted by Crippen LogP contribution is 2.28. The van der Waals surface area contributed by atoms with Crippen molar-refractivity contribution in [3.63, 3.8) is 0 Å². The Morgan fingerprint density at radius 3 is 2.87 bits per heavy atom. The molecule has 1 aromatic carbocycles. The molecule has 0 radical (unpaired) electrons. The number of rotatable bonds is 5. The number of fused-ring (bicyclic) bond motifs is 1. The van der Waals surface area contributed by atoms with Crippen molar-refractivity contribution in [2.45, 2.75) is 35.5 Å². The second kappa shape index (κ2) is 6.80. The molecule has 0 saturated carbocycles. The highest BCUT2D eigenvalue weighted by Gasteiger charge is 2.20. The number of hydrogen-bond donors (Lipinski definition) is 0. The van der Waals surface area contributed by atoms with Gasteiger partial charge < -0.3 is 9.15 Å². The van der Waals surface area contributed by atoms with E-state index in [-0.39, 0.29) is 11.0 Å². The van der Waals surface area contributed by atoms with E-state index in [0.717, 1.165) is 25.2 Å². The molecule has 0 amide bonds. The van der Waals surface area contributed by atoms with Crippen LogP contribution in [0.15, 0.2) is 32.7 Å². The number of nitrogens with zero attached hydrogens (tertiary/aromatic N) is 2. The molecular formula is C15H20N2O4S2. The van der Waals surface area contributed by atoms with Crippen LogP contribution in [0.5, 0.6) is 0 Å². The molecule has 6 nitrogen and oxygen atoms in total. The minimum Gasteiger partial charge on any atom is -0.431 e. The highest BCUT2D eigenvalue weighted by molar-refractivity contribution is 7.99. The van der Waals surface area contributed by atoms with Crippen molar-refractivity contribution in [3.8, 4) is 0 Å². The van der Waals surface area contributed by atoms with Crippen molar-refractivity contribution in [3.05, 3.63) is 18.2 Å². The maximum atomic E-state index is 12.2. The summed E-state index contributed by atoms with van der Waals surface area (Å²) in [6.45, 7) is 0.824. The normalized spacial score (nSPS) is 19.5. The lowest BCUT2D eigenvalue weighted by Crippen LogP contribution is -2.22. The number of ether oxygens (including phenoxy) is 1. The van der Waals surface area contributed by atoms with Crippen LogP contribution in [-0.2, 0) is 14.8 Å². The second-order valence-corrected chi connectivity index (χ2v) is 8.82. The molecule has 0 bridgehead atoms. The van der Waals surface area contributed by atoms with E-state index in [9.17, 15) is 8.42 Å². The third-order valence-corrected chi connectivity index (χ3v) is 6.56. The molecule has 1 saturated heterocycles. The van der Waals surface area contributed by atoms with Crippen LogP contribution in [-0.4, -0.2) is 50.3 Å². The molecule has 2 aromatic rings. The standard InChI is InChI=1S/C15H20N2O4S2/c1-17(2)23(18,19)12-6-7-14-13(9-12)16-15(21-14)22-10-11-5-3-4-8-20-11/h6-7,9,11H,3-5,8,10H2,1-2H3/t11-/m0/s1. The van der Waals surface area contributed by atoms with Gasteiger partial charge in [-0.2, -0.15) is 0 Å². The molecular weight excluding hydrogens is 336 g/mol. The molecule has 23 heavy (non-hydrogen) atoms. The molecule has 1 fully saturated rings. The number of oxazole rings is 1. The highest BCUT2D eigenvalue weighted by atomic mass is 32.2. The minimum absolute atomic E-state index is 0.218. The van der Waals surface area contributed by atoms with Crippen molar-refractivity contribution < 1.29 is 17.6 Å². The van der Waals surface area contributed by atoms with Crippen LogP contribution in [0.2, 0.25) is 0 Å². The third kappa shape index (κ3) is 3.71. The number of thioether (sulfide) groups is 1. The Kier molecular flexibility index (Phi) is 4.96. The van der Waals surface area contributed by atoms with Gasteiger partial charge in [-0.25, -0.2) is 17.7 Å². The molecule has 1 atom stereocenters. The summed E-state index contributed by atoms with van der Waals surface area (Å²) in [5.74, 6) is 0.801. The van der Waals surface area contributed by atoms with Crippen molar-refractivity contribution in [1.82, 2.24) is 9.29 Å². The maximum Gasteiger partial charge on any atom is 0.256 e. The Morgan fingerprint density at radius 1 is 1.35 bits per heavy atom. The van der Waals surface area contributed by atoms with Crippen LogP contribution in [0.1, 0.15) is 19.3 Å². The Hall–Kier alpha value is -1.09. The quantitative estimate of drug-likeness (QED) is 0.767. The van der Waals surface area contributed by atoms with Crippen LogP contribution in [0, 0.1) is 0 Å². The smallest absolute Gasteiger partial charge is 0.256 e. The van der Waals surface area contributed by atoms with Gasteiger partial charge >= 0.3 is 0 Å². The SMILES string of the molecule is CN(C)S(=O)(=O)c1ccc2oc(SC[C@@H]3CCCCO3)nc2c1. The molecule has 1 aliphatic rings. The fourth-order valence-corrected chi connectivity index (χ4v) is 4.25. The average Bonchev–Trinajstić information content (AvgIpc) is 2.95. The average molecular weight is 356 g/mol. The van der Waals surface area contributed by atoms with Crippen LogP contribution in [0.25, 0.3) is 11.1 Å². The predicted octanol–water partition coefficient (Wildman–Crippen LogP) is 2.74. The first-order valence-electron chi connectivity index (χ1n) is 7.54. The van der Waals surface area contributed by atoms with Crippen LogP contribution < -0.4 is 0 Å². The van der Waals surface area contributed by atoms with Gasteiger partial charge in [-0.15, -0.1) is 0 Å². The van der Waals surface area contributed by atoms with Gasteiger partial charge in [0.2, 0.25) is 10.0 Å². The molecule has 0 spiro atoms. The zero-order valence-electron chi connectivity index (χ0n) is 13.2. The Morgan fingerprint density at radius 2 is 2.17 bits per heavy atom. The molecule has 0 aliphatic carbocycles. The van der Waals surface area contributed by atoms with Crippen LogP contribution >= 0.6 is 11.8 Å². The molecule has 1 aromatic heterocycles. The third-order valence-electron chi connectivity index (χ3n) is 3.78. The second-order valence-electron chi connectivity index (χ2n) is 5.70. The predicted molar refractivity (Wildman–Crippen MR) is 89.2 cm³/mol. The van der Waals surface area contributed by atoms with Gasteiger partial charge in [0.1, 0.15) is 5.52 Å². The fraction of sp³-hybridized carbons (Fsp3) is 0.533. The summed E-state index contributed by atoms with van der Waals surface area (Å²) in [4.78, 5) is 4.61. The van der Waals surface area contributed by atoms with Gasteiger partial charge in [-0.05, 0) is 37.5 Å². The fourth-order valence-electron chi connectivity index (χ4n) is 2.42. The summed E-state index contributed by atoms with van der Waals surface area (Å²) in [5.41, 5.74) is 1.15. The first-order chi connectivity index (χ1) is 11.0. The molecule has 1 aliphatic heterocycles. The molecule has 0 unspecified atom stereocenters. The Labute approximate surface area is 140 Å². The zero-order chi connectivity index (χ0) is 16.4. The molecule has 8 heteroatoms. The Bertz CT molecular complexity index is 780. The van der Waals surface area contributed by atoms with Crippen molar-refractivity contribution in [2.75, 3.05) is 26.5 Å². The summed E-state index contributed by atoms with van der Waals surface area (Å²) < 4.78 is 36.9. The van der Waals surface area contributed by atoms with E-state index in [0.29, 0.717) is 16.3 Å². The topological polar surface area (TPSA) is 72.6 Å². The number of benzene rings is 1. The first-order valence-corrected chi connectivity index (χ1v) is 9.97. The van der Waals surface area contributed by atoms with Gasteiger partial charge in [0.25, 0.3) is 5.22 Å². The van der Waals surface area contributed by atoms with Gasteiger partial charge in [0.15, 0.2) is 5.58 Å². The largest absolute Gasteiger partial charge is 0.431 e. The van der Waals surface area contributed by atoms with E-state index in [4.69, 9.17) is 9.15 Å². The van der Waals surface area contributed by atoms with E-state index in [2.05, 4.69) is 4.98 Å². The monoisotopic (exact) mass is 356 g/mol. The lowest BCUT2D eigenvalue weighted by atomic mass is 10.1. The van der Waals surface area contributed by atoms with Gasteiger partial charge in [-0.1, -0.05) is 11.8 Å². The van der Waals surface area contributed by atoms with Gasteiger partial charge in [0.05, 0.1) is 11.0 Å². The van der Waals surface area contributed by atoms with E-state index < -0.39 is 10.0 Å². The summed E-state index contributed by atoms with van der Waals surface area (Å²) in [5, 5.41) is 0.550. The first kappa shape index (κ1) is 16.8.